The lowest BCUT2D eigenvalue weighted by Gasteiger charge is -2.55. The number of rotatable bonds is 0. The summed E-state index contributed by atoms with van der Waals surface area (Å²) < 4.78 is 0. The molecule has 0 aromatic heterocycles. The normalized spacial score (nSPS) is 42.7. The maximum Gasteiger partial charge on any atom is 0.115 e. The minimum Gasteiger partial charge on any atom is -0.508 e. The van der Waals surface area contributed by atoms with Gasteiger partial charge in [0.25, 0.3) is 0 Å². The molecule has 3 aliphatic carbocycles. The summed E-state index contributed by atoms with van der Waals surface area (Å²) in [6.45, 7) is 5.06. The third-order valence-corrected chi connectivity index (χ3v) is 7.11. The molecule has 4 rings (SSSR count). The fraction of sp³-hybridized carbons (Fsp3) is 0.684. The van der Waals surface area contributed by atoms with Crippen LogP contribution < -0.4 is 0 Å². The van der Waals surface area contributed by atoms with Gasteiger partial charge in [0.2, 0.25) is 0 Å². The molecule has 108 valence electrons. The zero-order valence-corrected chi connectivity index (χ0v) is 12.8. The molecule has 0 spiro atoms. The topological polar surface area (TPSA) is 20.2 Å². The minimum atomic E-state index is 0.357. The van der Waals surface area contributed by atoms with E-state index in [9.17, 15) is 5.11 Å². The van der Waals surface area contributed by atoms with Crippen molar-refractivity contribution in [2.75, 3.05) is 0 Å². The molecule has 1 N–H and O–H groups in total. The van der Waals surface area contributed by atoms with E-state index in [1.54, 1.807) is 5.56 Å². The van der Waals surface area contributed by atoms with E-state index in [1.807, 2.05) is 12.1 Å². The van der Waals surface area contributed by atoms with E-state index < -0.39 is 0 Å². The first kappa shape index (κ1) is 12.7. The number of benzene rings is 1. The van der Waals surface area contributed by atoms with Crippen molar-refractivity contribution in [3.8, 4) is 5.75 Å². The highest BCUT2D eigenvalue weighted by Gasteiger charge is 2.55. The highest BCUT2D eigenvalue weighted by atomic mass is 16.3. The SMILES string of the molecule is C[C@@]12CCC[C@H]1[C@@H]1CCc3cc(O)ccc3[C@@]1(C)CC2. The van der Waals surface area contributed by atoms with Crippen LogP contribution in [0.5, 0.6) is 5.75 Å². The Balaban J connectivity index is 1.79. The summed E-state index contributed by atoms with van der Waals surface area (Å²) in [5.74, 6) is 2.23. The Hall–Kier alpha value is -0.980. The Kier molecular flexibility index (Phi) is 2.56. The molecule has 0 amide bonds. The number of aryl methyl sites for hydroxylation is 1. The molecule has 4 atom stereocenters. The maximum atomic E-state index is 9.76. The van der Waals surface area contributed by atoms with Gasteiger partial charge in [-0.2, -0.15) is 0 Å². The van der Waals surface area contributed by atoms with Crippen LogP contribution in [0.25, 0.3) is 0 Å². The van der Waals surface area contributed by atoms with Gasteiger partial charge in [-0.15, -0.1) is 0 Å². The Morgan fingerprint density at radius 3 is 2.75 bits per heavy atom. The highest BCUT2D eigenvalue weighted by molar-refractivity contribution is 5.43. The van der Waals surface area contributed by atoms with E-state index in [4.69, 9.17) is 0 Å². The predicted octanol–water partition coefficient (Wildman–Crippen LogP) is 4.81. The average Bonchev–Trinajstić information content (AvgIpc) is 2.80. The van der Waals surface area contributed by atoms with Crippen molar-refractivity contribution in [3.05, 3.63) is 29.3 Å². The van der Waals surface area contributed by atoms with Crippen molar-refractivity contribution < 1.29 is 5.11 Å². The van der Waals surface area contributed by atoms with Gasteiger partial charge in [0.1, 0.15) is 5.75 Å². The first-order chi connectivity index (χ1) is 9.53. The summed E-state index contributed by atoms with van der Waals surface area (Å²) in [6.07, 6.45) is 9.56. The van der Waals surface area contributed by atoms with Crippen LogP contribution in [0.4, 0.5) is 0 Å². The monoisotopic (exact) mass is 270 g/mol. The number of phenols is 1. The first-order valence-electron chi connectivity index (χ1n) is 8.35. The molecular formula is C19H26O. The quantitative estimate of drug-likeness (QED) is 0.717. The predicted molar refractivity (Wildman–Crippen MR) is 82.0 cm³/mol. The fourth-order valence-corrected chi connectivity index (χ4v) is 5.94. The van der Waals surface area contributed by atoms with E-state index in [2.05, 4.69) is 19.9 Å². The van der Waals surface area contributed by atoms with Crippen LogP contribution in [-0.2, 0) is 11.8 Å². The van der Waals surface area contributed by atoms with Gasteiger partial charge < -0.3 is 5.11 Å². The molecule has 0 unspecified atom stereocenters. The molecule has 1 aromatic carbocycles. The van der Waals surface area contributed by atoms with Crippen molar-refractivity contribution in [2.45, 2.75) is 64.2 Å². The first-order valence-corrected chi connectivity index (χ1v) is 8.35. The molecule has 2 saturated carbocycles. The van der Waals surface area contributed by atoms with Crippen molar-refractivity contribution in [2.24, 2.45) is 17.3 Å². The van der Waals surface area contributed by atoms with Crippen LogP contribution in [0.3, 0.4) is 0 Å². The van der Waals surface area contributed by atoms with Gasteiger partial charge in [-0.05, 0) is 84.5 Å². The molecule has 1 nitrogen and oxygen atoms in total. The summed E-state index contributed by atoms with van der Waals surface area (Å²) in [6, 6.07) is 6.13. The lowest BCUT2D eigenvalue weighted by Crippen LogP contribution is -2.49. The Morgan fingerprint density at radius 1 is 1.05 bits per heavy atom. The zero-order chi connectivity index (χ0) is 14.0. The van der Waals surface area contributed by atoms with Crippen molar-refractivity contribution in [1.82, 2.24) is 0 Å². The number of phenolic OH excluding ortho intramolecular Hbond substituents is 1. The molecule has 1 aromatic rings. The van der Waals surface area contributed by atoms with Gasteiger partial charge in [0, 0.05) is 0 Å². The van der Waals surface area contributed by atoms with E-state index in [0.717, 1.165) is 18.3 Å². The second-order valence-corrected chi connectivity index (χ2v) is 8.06. The molecule has 0 heterocycles. The van der Waals surface area contributed by atoms with E-state index in [1.165, 1.54) is 44.1 Å². The summed E-state index contributed by atoms with van der Waals surface area (Å²) in [7, 11) is 0. The lowest BCUT2D eigenvalue weighted by atomic mass is 9.49. The van der Waals surface area contributed by atoms with Crippen LogP contribution in [-0.4, -0.2) is 5.11 Å². The molecule has 20 heavy (non-hydrogen) atoms. The number of fused-ring (bicyclic) bond motifs is 5. The standard InChI is InChI=1S/C19H26O/c1-18-9-3-4-16(18)17-7-5-13-12-14(20)6-8-15(13)19(17,2)11-10-18/h6,8,12,16-17,20H,3-5,7,9-11H2,1-2H3/t16-,17-,18-,19+/m0/s1. The maximum absolute atomic E-state index is 9.76. The molecule has 1 heteroatoms. The number of hydrogen-bond donors (Lipinski definition) is 1. The molecule has 0 saturated heterocycles. The largest absolute Gasteiger partial charge is 0.508 e. The highest BCUT2D eigenvalue weighted by Crippen LogP contribution is 2.63. The second-order valence-electron chi connectivity index (χ2n) is 8.06. The van der Waals surface area contributed by atoms with Gasteiger partial charge in [0.15, 0.2) is 0 Å². The second kappa shape index (κ2) is 4.02. The van der Waals surface area contributed by atoms with Crippen molar-refractivity contribution in [3.63, 3.8) is 0 Å². The molecule has 2 fully saturated rings. The van der Waals surface area contributed by atoms with Gasteiger partial charge >= 0.3 is 0 Å². The number of aromatic hydroxyl groups is 1. The third kappa shape index (κ3) is 1.55. The molecule has 0 bridgehead atoms. The van der Waals surface area contributed by atoms with Crippen LogP contribution >= 0.6 is 0 Å². The molecule has 3 aliphatic rings. The van der Waals surface area contributed by atoms with Crippen LogP contribution in [0.1, 0.15) is 63.5 Å². The number of hydrogen-bond acceptors (Lipinski definition) is 1. The Labute approximate surface area is 122 Å². The fourth-order valence-electron chi connectivity index (χ4n) is 5.94. The van der Waals surface area contributed by atoms with Crippen LogP contribution in [0.2, 0.25) is 0 Å². The molecular weight excluding hydrogens is 244 g/mol. The summed E-state index contributed by atoms with van der Waals surface area (Å²) in [5.41, 5.74) is 3.93. The lowest BCUT2D eigenvalue weighted by molar-refractivity contribution is 0.0141. The van der Waals surface area contributed by atoms with Gasteiger partial charge in [-0.3, -0.25) is 0 Å². The van der Waals surface area contributed by atoms with Gasteiger partial charge in [0.05, 0.1) is 0 Å². The van der Waals surface area contributed by atoms with Crippen molar-refractivity contribution in [1.29, 1.82) is 0 Å². The van der Waals surface area contributed by atoms with Crippen LogP contribution in [0.15, 0.2) is 18.2 Å². The molecule has 0 radical (unpaired) electrons. The van der Waals surface area contributed by atoms with Crippen molar-refractivity contribution >= 4 is 0 Å². The van der Waals surface area contributed by atoms with Gasteiger partial charge in [-0.25, -0.2) is 0 Å². The summed E-state index contributed by atoms with van der Waals surface area (Å²) in [5, 5.41) is 9.76. The third-order valence-electron chi connectivity index (χ3n) is 7.11. The van der Waals surface area contributed by atoms with Crippen LogP contribution in [0, 0.1) is 17.3 Å². The Bertz CT molecular complexity index is 549. The minimum absolute atomic E-state index is 0.357. The average molecular weight is 270 g/mol. The summed E-state index contributed by atoms with van der Waals surface area (Å²) in [4.78, 5) is 0. The van der Waals surface area contributed by atoms with E-state index >= 15 is 0 Å². The van der Waals surface area contributed by atoms with E-state index in [-0.39, 0.29) is 0 Å². The van der Waals surface area contributed by atoms with E-state index in [0.29, 0.717) is 16.6 Å². The zero-order valence-electron chi connectivity index (χ0n) is 12.8. The summed E-state index contributed by atoms with van der Waals surface area (Å²) >= 11 is 0. The molecule has 0 aliphatic heterocycles. The van der Waals surface area contributed by atoms with Gasteiger partial charge in [-0.1, -0.05) is 26.3 Å². The smallest absolute Gasteiger partial charge is 0.115 e. The Morgan fingerprint density at radius 2 is 1.90 bits per heavy atom.